The number of rotatable bonds is 2. The Morgan fingerprint density at radius 3 is 2.76 bits per heavy atom. The summed E-state index contributed by atoms with van der Waals surface area (Å²) in [5.74, 6) is -0.541. The molecule has 0 saturated heterocycles. The highest BCUT2D eigenvalue weighted by Crippen LogP contribution is 2.21. The van der Waals surface area contributed by atoms with Crippen LogP contribution in [0.15, 0.2) is 46.9 Å². The lowest BCUT2D eigenvalue weighted by molar-refractivity contribution is -0.118. The van der Waals surface area contributed by atoms with Crippen LogP contribution in [0.5, 0.6) is 0 Å². The molecule has 1 aliphatic heterocycles. The SMILES string of the molecule is O=C(Nc1ccc(Br)c(F)c1)C1Cc2ccccc2CN1. The van der Waals surface area contributed by atoms with E-state index in [1.54, 1.807) is 12.1 Å². The predicted octanol–water partition coefficient (Wildman–Crippen LogP) is 3.24. The lowest BCUT2D eigenvalue weighted by Gasteiger charge is -2.25. The summed E-state index contributed by atoms with van der Waals surface area (Å²) in [5.41, 5.74) is 2.86. The Bertz CT molecular complexity index is 690. The lowest BCUT2D eigenvalue weighted by atomic mass is 9.95. The summed E-state index contributed by atoms with van der Waals surface area (Å²) in [6.07, 6.45) is 0.640. The van der Waals surface area contributed by atoms with Gasteiger partial charge in [-0.1, -0.05) is 24.3 Å². The van der Waals surface area contributed by atoms with Gasteiger partial charge >= 0.3 is 0 Å². The molecular formula is C16H14BrFN2O. The van der Waals surface area contributed by atoms with Crippen molar-refractivity contribution in [2.75, 3.05) is 5.32 Å². The number of amides is 1. The van der Waals surface area contributed by atoms with E-state index in [1.807, 2.05) is 18.2 Å². The van der Waals surface area contributed by atoms with E-state index < -0.39 is 5.82 Å². The molecule has 2 aromatic rings. The Balaban J connectivity index is 1.70. The van der Waals surface area contributed by atoms with Crippen LogP contribution in [-0.4, -0.2) is 11.9 Å². The van der Waals surface area contributed by atoms with Crippen LogP contribution >= 0.6 is 15.9 Å². The highest BCUT2D eigenvalue weighted by molar-refractivity contribution is 9.10. The van der Waals surface area contributed by atoms with Gasteiger partial charge in [0.2, 0.25) is 5.91 Å². The Morgan fingerprint density at radius 2 is 2.00 bits per heavy atom. The van der Waals surface area contributed by atoms with E-state index in [1.165, 1.54) is 17.2 Å². The molecule has 108 valence electrons. The maximum Gasteiger partial charge on any atom is 0.241 e. The maximum absolute atomic E-state index is 13.5. The van der Waals surface area contributed by atoms with Crippen LogP contribution in [0.3, 0.4) is 0 Å². The van der Waals surface area contributed by atoms with Gasteiger partial charge in [-0.05, 0) is 51.7 Å². The lowest BCUT2D eigenvalue weighted by Crippen LogP contribution is -2.44. The van der Waals surface area contributed by atoms with E-state index in [0.29, 0.717) is 23.1 Å². The highest BCUT2D eigenvalue weighted by Gasteiger charge is 2.23. The number of hydrogen-bond acceptors (Lipinski definition) is 2. The Kier molecular flexibility index (Phi) is 4.03. The fourth-order valence-corrected chi connectivity index (χ4v) is 2.69. The first kappa shape index (κ1) is 14.2. The number of fused-ring (bicyclic) bond motifs is 1. The second-order valence-electron chi connectivity index (χ2n) is 5.02. The molecule has 1 amide bonds. The molecule has 2 aromatic carbocycles. The van der Waals surface area contributed by atoms with Gasteiger partial charge in [-0.25, -0.2) is 4.39 Å². The number of anilines is 1. The molecule has 1 aliphatic rings. The normalized spacial score (nSPS) is 17.1. The van der Waals surface area contributed by atoms with Crippen molar-refractivity contribution >= 4 is 27.5 Å². The largest absolute Gasteiger partial charge is 0.325 e. The molecule has 0 aromatic heterocycles. The van der Waals surface area contributed by atoms with Crippen LogP contribution in [-0.2, 0) is 17.8 Å². The van der Waals surface area contributed by atoms with Gasteiger partial charge in [-0.2, -0.15) is 0 Å². The van der Waals surface area contributed by atoms with Crippen molar-refractivity contribution < 1.29 is 9.18 Å². The highest BCUT2D eigenvalue weighted by atomic mass is 79.9. The van der Waals surface area contributed by atoms with Gasteiger partial charge in [-0.15, -0.1) is 0 Å². The summed E-state index contributed by atoms with van der Waals surface area (Å²) in [4.78, 5) is 12.3. The number of halogens is 2. The molecule has 3 nitrogen and oxygen atoms in total. The van der Waals surface area contributed by atoms with Crippen molar-refractivity contribution in [3.8, 4) is 0 Å². The topological polar surface area (TPSA) is 41.1 Å². The minimum absolute atomic E-state index is 0.147. The van der Waals surface area contributed by atoms with E-state index in [9.17, 15) is 9.18 Å². The second kappa shape index (κ2) is 5.95. The summed E-state index contributed by atoms with van der Waals surface area (Å²) >= 11 is 3.09. The summed E-state index contributed by atoms with van der Waals surface area (Å²) < 4.78 is 13.8. The predicted molar refractivity (Wildman–Crippen MR) is 83.5 cm³/mol. The van der Waals surface area contributed by atoms with Crippen molar-refractivity contribution in [2.24, 2.45) is 0 Å². The molecule has 0 aliphatic carbocycles. The van der Waals surface area contributed by atoms with Crippen LogP contribution in [0.4, 0.5) is 10.1 Å². The van der Waals surface area contributed by atoms with E-state index in [2.05, 4.69) is 32.6 Å². The number of carbonyl (C=O) groups is 1. The molecule has 0 spiro atoms. The summed E-state index contributed by atoms with van der Waals surface area (Å²) in [5, 5.41) is 5.95. The van der Waals surface area contributed by atoms with Gasteiger partial charge in [0.1, 0.15) is 5.82 Å². The van der Waals surface area contributed by atoms with Crippen molar-refractivity contribution in [1.29, 1.82) is 0 Å². The van der Waals surface area contributed by atoms with Gasteiger partial charge in [0.15, 0.2) is 0 Å². The molecule has 3 rings (SSSR count). The van der Waals surface area contributed by atoms with Crippen LogP contribution in [0, 0.1) is 5.82 Å². The smallest absolute Gasteiger partial charge is 0.241 e. The summed E-state index contributed by atoms with van der Waals surface area (Å²) in [6.45, 7) is 0.670. The summed E-state index contributed by atoms with van der Waals surface area (Å²) in [6, 6.07) is 12.3. The van der Waals surface area contributed by atoms with Crippen molar-refractivity contribution in [3.63, 3.8) is 0 Å². The fourth-order valence-electron chi connectivity index (χ4n) is 2.44. The number of carbonyl (C=O) groups excluding carboxylic acids is 1. The van der Waals surface area contributed by atoms with Crippen LogP contribution in [0.1, 0.15) is 11.1 Å². The molecule has 1 heterocycles. The fraction of sp³-hybridized carbons (Fsp3) is 0.188. The van der Waals surface area contributed by atoms with E-state index in [-0.39, 0.29) is 11.9 Å². The molecule has 5 heteroatoms. The standard InChI is InChI=1S/C16H14BrFN2O/c17-13-6-5-12(8-14(13)18)20-16(21)15-7-10-3-1-2-4-11(10)9-19-15/h1-6,8,15,19H,7,9H2,(H,20,21). The zero-order valence-corrected chi connectivity index (χ0v) is 12.8. The quantitative estimate of drug-likeness (QED) is 0.874. The molecule has 0 fully saturated rings. The monoisotopic (exact) mass is 348 g/mol. The Morgan fingerprint density at radius 1 is 1.24 bits per heavy atom. The van der Waals surface area contributed by atoms with Crippen molar-refractivity contribution in [2.45, 2.75) is 19.0 Å². The van der Waals surface area contributed by atoms with Gasteiger partial charge in [0.25, 0.3) is 0 Å². The Labute approximate surface area is 130 Å². The minimum Gasteiger partial charge on any atom is -0.325 e. The van der Waals surface area contributed by atoms with Crippen molar-refractivity contribution in [1.82, 2.24) is 5.32 Å². The van der Waals surface area contributed by atoms with Gasteiger partial charge < -0.3 is 10.6 Å². The zero-order valence-electron chi connectivity index (χ0n) is 11.2. The molecule has 0 radical (unpaired) electrons. The Hall–Kier alpha value is -1.72. The van der Waals surface area contributed by atoms with Gasteiger partial charge in [0.05, 0.1) is 10.5 Å². The molecule has 0 bridgehead atoms. The minimum atomic E-state index is -0.394. The molecule has 1 atom stereocenters. The maximum atomic E-state index is 13.5. The molecule has 21 heavy (non-hydrogen) atoms. The summed E-state index contributed by atoms with van der Waals surface area (Å²) in [7, 11) is 0. The third-order valence-corrected chi connectivity index (χ3v) is 4.23. The molecule has 1 unspecified atom stereocenters. The van der Waals surface area contributed by atoms with E-state index in [0.717, 1.165) is 0 Å². The number of benzene rings is 2. The second-order valence-corrected chi connectivity index (χ2v) is 5.88. The van der Waals surface area contributed by atoms with Crippen LogP contribution in [0.25, 0.3) is 0 Å². The van der Waals surface area contributed by atoms with Crippen LogP contribution in [0.2, 0.25) is 0 Å². The van der Waals surface area contributed by atoms with E-state index >= 15 is 0 Å². The third kappa shape index (κ3) is 3.14. The first-order chi connectivity index (χ1) is 10.1. The number of hydrogen-bond donors (Lipinski definition) is 2. The zero-order chi connectivity index (χ0) is 14.8. The first-order valence-corrected chi connectivity index (χ1v) is 7.49. The van der Waals surface area contributed by atoms with E-state index in [4.69, 9.17) is 0 Å². The third-order valence-electron chi connectivity index (χ3n) is 3.58. The molecule has 2 N–H and O–H groups in total. The first-order valence-electron chi connectivity index (χ1n) is 6.69. The van der Waals surface area contributed by atoms with Crippen LogP contribution < -0.4 is 10.6 Å². The van der Waals surface area contributed by atoms with Gasteiger partial charge in [0, 0.05) is 12.2 Å². The van der Waals surface area contributed by atoms with Gasteiger partial charge in [-0.3, -0.25) is 4.79 Å². The average molecular weight is 349 g/mol. The van der Waals surface area contributed by atoms with Crippen molar-refractivity contribution in [3.05, 3.63) is 63.9 Å². The molecular weight excluding hydrogens is 335 g/mol. The number of nitrogens with one attached hydrogen (secondary N) is 2. The average Bonchev–Trinajstić information content (AvgIpc) is 2.50. The molecule has 0 saturated carbocycles.